The molecule has 1 aromatic heterocycles. The molecule has 0 radical (unpaired) electrons. The molecule has 3 aromatic rings. The van der Waals surface area contributed by atoms with Crippen molar-refractivity contribution in [1.82, 2.24) is 5.16 Å². The number of benzene rings is 2. The number of nitrogens with zero attached hydrogens (tertiary/aromatic N) is 2. The summed E-state index contributed by atoms with van der Waals surface area (Å²) in [5, 5.41) is 14.1. The molecule has 5 nitrogen and oxygen atoms in total. The summed E-state index contributed by atoms with van der Waals surface area (Å²) in [6, 6.07) is 13.9. The third-order valence-corrected chi connectivity index (χ3v) is 3.38. The first-order chi connectivity index (χ1) is 10.1. The van der Waals surface area contributed by atoms with Crippen molar-refractivity contribution < 1.29 is 14.4 Å². The molecule has 5 heteroatoms. The second kappa shape index (κ2) is 5.28. The van der Waals surface area contributed by atoms with Crippen molar-refractivity contribution in [2.75, 3.05) is 11.9 Å². The van der Waals surface area contributed by atoms with E-state index >= 15 is 0 Å². The van der Waals surface area contributed by atoms with E-state index < -0.39 is 0 Å². The number of aromatic hydroxyl groups is 1. The quantitative estimate of drug-likeness (QED) is 0.802. The molecule has 2 aromatic carbocycles. The Morgan fingerprint density at radius 1 is 1.19 bits per heavy atom. The number of carbonyl (C=O) groups excluding carboxylic acids is 1. The molecule has 0 atom stereocenters. The van der Waals surface area contributed by atoms with Crippen LogP contribution in [0.3, 0.4) is 0 Å². The highest BCUT2D eigenvalue weighted by molar-refractivity contribution is 5.96. The number of hydrogen-bond acceptors (Lipinski definition) is 4. The first-order valence-corrected chi connectivity index (χ1v) is 6.54. The van der Waals surface area contributed by atoms with Crippen molar-refractivity contribution in [2.24, 2.45) is 0 Å². The fourth-order valence-electron chi connectivity index (χ4n) is 2.15. The van der Waals surface area contributed by atoms with E-state index in [2.05, 4.69) is 5.16 Å². The summed E-state index contributed by atoms with van der Waals surface area (Å²) < 4.78 is 5.20. The lowest BCUT2D eigenvalue weighted by molar-refractivity contribution is -0.117. The highest BCUT2D eigenvalue weighted by Gasteiger charge is 2.16. The van der Waals surface area contributed by atoms with Gasteiger partial charge >= 0.3 is 0 Å². The van der Waals surface area contributed by atoms with Crippen LogP contribution in [0.15, 0.2) is 53.1 Å². The molecule has 1 amide bonds. The summed E-state index contributed by atoms with van der Waals surface area (Å²) in [5.74, 6) is 0.0711. The Hall–Kier alpha value is -2.82. The van der Waals surface area contributed by atoms with E-state index in [1.54, 1.807) is 31.3 Å². The number of carbonyl (C=O) groups is 1. The molecule has 0 unspecified atom stereocenters. The average Bonchev–Trinajstić information content (AvgIpc) is 2.91. The molecule has 0 saturated heterocycles. The lowest BCUT2D eigenvalue weighted by Gasteiger charge is -2.16. The summed E-state index contributed by atoms with van der Waals surface area (Å²) in [6.45, 7) is 0. The number of aromatic nitrogens is 1. The predicted octanol–water partition coefficient (Wildman–Crippen LogP) is 2.74. The molecule has 1 heterocycles. The van der Waals surface area contributed by atoms with E-state index in [0.717, 1.165) is 5.39 Å². The van der Waals surface area contributed by atoms with Gasteiger partial charge in [-0.05, 0) is 36.4 Å². The zero-order valence-electron chi connectivity index (χ0n) is 11.5. The molecular formula is C16H14N2O3. The van der Waals surface area contributed by atoms with Gasteiger partial charge in [-0.15, -0.1) is 0 Å². The van der Waals surface area contributed by atoms with Gasteiger partial charge in [0.2, 0.25) is 5.91 Å². The van der Waals surface area contributed by atoms with Crippen LogP contribution in [-0.4, -0.2) is 23.2 Å². The number of rotatable bonds is 3. The Balaban J connectivity index is 1.81. The number of para-hydroxylation sites is 1. The predicted molar refractivity (Wildman–Crippen MR) is 79.2 cm³/mol. The van der Waals surface area contributed by atoms with E-state index in [1.807, 2.05) is 24.3 Å². The van der Waals surface area contributed by atoms with Crippen LogP contribution >= 0.6 is 0 Å². The van der Waals surface area contributed by atoms with Gasteiger partial charge in [-0.25, -0.2) is 0 Å². The lowest BCUT2D eigenvalue weighted by atomic mass is 10.1. The number of amides is 1. The molecule has 106 valence electrons. The summed E-state index contributed by atoms with van der Waals surface area (Å²) in [7, 11) is 1.69. The number of likely N-dealkylation sites (N-methyl/N-ethyl adjacent to an activating group) is 1. The van der Waals surface area contributed by atoms with Crippen LogP contribution in [0.2, 0.25) is 0 Å². The molecule has 0 aliphatic rings. The van der Waals surface area contributed by atoms with E-state index in [9.17, 15) is 9.90 Å². The minimum absolute atomic E-state index is 0.0975. The largest absolute Gasteiger partial charge is 0.508 e. The molecule has 0 bridgehead atoms. The van der Waals surface area contributed by atoms with Crippen LogP contribution in [0, 0.1) is 0 Å². The maximum Gasteiger partial charge on any atom is 0.232 e. The van der Waals surface area contributed by atoms with Crippen molar-refractivity contribution in [3.63, 3.8) is 0 Å². The third-order valence-electron chi connectivity index (χ3n) is 3.38. The van der Waals surface area contributed by atoms with Gasteiger partial charge in [0, 0.05) is 18.1 Å². The fourth-order valence-corrected chi connectivity index (χ4v) is 2.15. The van der Waals surface area contributed by atoms with Gasteiger partial charge in [-0.2, -0.15) is 0 Å². The highest BCUT2D eigenvalue weighted by atomic mass is 16.5. The smallest absolute Gasteiger partial charge is 0.232 e. The molecule has 3 rings (SSSR count). The zero-order valence-corrected chi connectivity index (χ0v) is 11.5. The Labute approximate surface area is 121 Å². The van der Waals surface area contributed by atoms with Gasteiger partial charge in [-0.3, -0.25) is 4.79 Å². The van der Waals surface area contributed by atoms with Crippen molar-refractivity contribution in [2.45, 2.75) is 6.42 Å². The molecule has 21 heavy (non-hydrogen) atoms. The van der Waals surface area contributed by atoms with Crippen LogP contribution < -0.4 is 4.90 Å². The second-order valence-corrected chi connectivity index (χ2v) is 4.77. The third kappa shape index (κ3) is 2.58. The Morgan fingerprint density at radius 2 is 1.90 bits per heavy atom. The summed E-state index contributed by atoms with van der Waals surface area (Å²) in [5.41, 5.74) is 2.01. The van der Waals surface area contributed by atoms with Crippen molar-refractivity contribution in [1.29, 1.82) is 0 Å². The lowest BCUT2D eigenvalue weighted by Crippen LogP contribution is -2.27. The van der Waals surface area contributed by atoms with Gasteiger partial charge in [-0.1, -0.05) is 17.3 Å². The Morgan fingerprint density at radius 3 is 2.67 bits per heavy atom. The number of phenolic OH excluding ortho intramolecular Hbond substituents is 1. The highest BCUT2D eigenvalue weighted by Crippen LogP contribution is 2.21. The molecule has 0 aliphatic carbocycles. The average molecular weight is 282 g/mol. The second-order valence-electron chi connectivity index (χ2n) is 4.77. The van der Waals surface area contributed by atoms with E-state index in [-0.39, 0.29) is 18.1 Å². The molecule has 0 spiro atoms. The summed E-state index contributed by atoms with van der Waals surface area (Å²) >= 11 is 0. The van der Waals surface area contributed by atoms with E-state index in [0.29, 0.717) is 17.0 Å². The molecule has 0 aliphatic heterocycles. The maximum absolute atomic E-state index is 12.3. The standard InChI is InChI=1S/C16H14N2O3/c1-18(11-6-8-12(19)9-7-11)16(20)10-14-13-4-2-3-5-15(13)21-17-14/h2-9,19H,10H2,1H3. The molecular weight excluding hydrogens is 268 g/mol. The first kappa shape index (κ1) is 13.2. The number of hydrogen-bond donors (Lipinski definition) is 1. The first-order valence-electron chi connectivity index (χ1n) is 6.54. The van der Waals surface area contributed by atoms with Crippen LogP contribution in [0.1, 0.15) is 5.69 Å². The summed E-state index contributed by atoms with van der Waals surface area (Å²) in [4.78, 5) is 13.9. The topological polar surface area (TPSA) is 66.6 Å². The number of fused-ring (bicyclic) bond motifs is 1. The fraction of sp³-hybridized carbons (Fsp3) is 0.125. The van der Waals surface area contributed by atoms with Crippen LogP contribution in [0.4, 0.5) is 5.69 Å². The van der Waals surface area contributed by atoms with Gasteiger partial charge in [0.25, 0.3) is 0 Å². The summed E-state index contributed by atoms with van der Waals surface area (Å²) in [6.07, 6.45) is 0.161. The Bertz CT molecular complexity index is 778. The minimum atomic E-state index is -0.0975. The maximum atomic E-state index is 12.3. The normalized spacial score (nSPS) is 10.7. The number of phenols is 1. The van der Waals surface area contributed by atoms with Gasteiger partial charge < -0.3 is 14.5 Å². The van der Waals surface area contributed by atoms with Crippen LogP contribution in [0.5, 0.6) is 5.75 Å². The van der Waals surface area contributed by atoms with Gasteiger partial charge in [0.1, 0.15) is 11.4 Å². The zero-order chi connectivity index (χ0) is 14.8. The van der Waals surface area contributed by atoms with Gasteiger partial charge in [0.15, 0.2) is 5.58 Å². The van der Waals surface area contributed by atoms with Crippen molar-refractivity contribution in [3.8, 4) is 5.75 Å². The van der Waals surface area contributed by atoms with Crippen molar-refractivity contribution >= 4 is 22.6 Å². The molecule has 1 N–H and O–H groups in total. The minimum Gasteiger partial charge on any atom is -0.508 e. The van der Waals surface area contributed by atoms with E-state index in [1.165, 1.54) is 4.90 Å². The van der Waals surface area contributed by atoms with Crippen molar-refractivity contribution in [3.05, 3.63) is 54.2 Å². The van der Waals surface area contributed by atoms with E-state index in [4.69, 9.17) is 4.52 Å². The monoisotopic (exact) mass is 282 g/mol. The Kier molecular flexibility index (Phi) is 3.31. The number of anilines is 1. The SMILES string of the molecule is CN(C(=O)Cc1noc2ccccc12)c1ccc(O)cc1. The molecule has 0 fully saturated rings. The van der Waals surface area contributed by atoms with Crippen LogP contribution in [-0.2, 0) is 11.2 Å². The van der Waals surface area contributed by atoms with Gasteiger partial charge in [0.05, 0.1) is 6.42 Å². The molecule has 0 saturated carbocycles. The van der Waals surface area contributed by atoms with Crippen LogP contribution in [0.25, 0.3) is 11.0 Å².